The van der Waals surface area contributed by atoms with E-state index in [2.05, 4.69) is 10.5 Å². The van der Waals surface area contributed by atoms with Crippen LogP contribution < -0.4 is 11.1 Å². The molecule has 0 aliphatic heterocycles. The highest BCUT2D eigenvalue weighted by atomic mass is 35.5. The summed E-state index contributed by atoms with van der Waals surface area (Å²) in [5.41, 5.74) is 5.46. The lowest BCUT2D eigenvalue weighted by molar-refractivity contribution is 0.0917. The van der Waals surface area contributed by atoms with Crippen LogP contribution in [0.2, 0.25) is 5.22 Å². The Kier molecular flexibility index (Phi) is 4.84. The van der Waals surface area contributed by atoms with Crippen molar-refractivity contribution in [3.8, 4) is 0 Å². The Hall–Kier alpha value is -1.69. The maximum atomic E-state index is 11.7. The second-order valence-corrected chi connectivity index (χ2v) is 3.82. The molecule has 0 bridgehead atoms. The van der Waals surface area contributed by atoms with Crippen molar-refractivity contribution in [3.05, 3.63) is 23.1 Å². The van der Waals surface area contributed by atoms with Crippen LogP contribution >= 0.6 is 11.6 Å². The van der Waals surface area contributed by atoms with Crippen LogP contribution in [-0.2, 0) is 0 Å². The van der Waals surface area contributed by atoms with E-state index in [9.17, 15) is 4.79 Å². The van der Waals surface area contributed by atoms with Crippen molar-refractivity contribution in [1.82, 2.24) is 5.32 Å². The maximum Gasteiger partial charge on any atom is 0.287 e. The second kappa shape index (κ2) is 6.15. The van der Waals surface area contributed by atoms with Gasteiger partial charge in [0.15, 0.2) is 16.8 Å². The number of nitrogens with one attached hydrogen (secondary N) is 1. The van der Waals surface area contributed by atoms with E-state index in [-0.39, 0.29) is 16.8 Å². The predicted molar refractivity (Wildman–Crippen MR) is 63.3 cm³/mol. The average molecular weight is 260 g/mol. The molecule has 7 heteroatoms. The van der Waals surface area contributed by atoms with Crippen LogP contribution in [0.15, 0.2) is 21.7 Å². The van der Waals surface area contributed by atoms with E-state index in [1.165, 1.54) is 12.1 Å². The van der Waals surface area contributed by atoms with Gasteiger partial charge in [-0.2, -0.15) is 0 Å². The minimum atomic E-state index is -0.527. The lowest BCUT2D eigenvalue weighted by Crippen LogP contribution is -2.44. The fourth-order valence-corrected chi connectivity index (χ4v) is 1.46. The Morgan fingerprint density at radius 1 is 1.71 bits per heavy atom. The molecule has 0 spiro atoms. The summed E-state index contributed by atoms with van der Waals surface area (Å²) in [5, 5.41) is 14.2. The molecule has 0 fully saturated rings. The monoisotopic (exact) mass is 259 g/mol. The molecule has 1 unspecified atom stereocenters. The van der Waals surface area contributed by atoms with Crippen molar-refractivity contribution in [2.24, 2.45) is 10.9 Å². The van der Waals surface area contributed by atoms with Gasteiger partial charge in [-0.25, -0.2) is 0 Å². The number of carbonyl (C=O) groups excluding carboxylic acids is 1. The molecule has 0 aliphatic carbocycles. The van der Waals surface area contributed by atoms with Crippen LogP contribution in [-0.4, -0.2) is 23.0 Å². The molecule has 4 N–H and O–H groups in total. The number of nitrogens with zero attached hydrogens (tertiary/aromatic N) is 1. The number of rotatable bonds is 5. The number of amidine groups is 1. The molecule has 1 heterocycles. The van der Waals surface area contributed by atoms with Gasteiger partial charge in [0, 0.05) is 0 Å². The van der Waals surface area contributed by atoms with Crippen molar-refractivity contribution in [1.29, 1.82) is 0 Å². The molecule has 1 aromatic rings. The SMILES string of the molecule is CCCC(NC(=O)c1ccc(Cl)o1)/C(N)=N/O. The highest BCUT2D eigenvalue weighted by molar-refractivity contribution is 6.29. The first-order valence-corrected chi connectivity index (χ1v) is 5.49. The van der Waals surface area contributed by atoms with Gasteiger partial charge < -0.3 is 20.7 Å². The zero-order chi connectivity index (χ0) is 12.8. The summed E-state index contributed by atoms with van der Waals surface area (Å²) in [4.78, 5) is 11.7. The Morgan fingerprint density at radius 3 is 2.88 bits per heavy atom. The van der Waals surface area contributed by atoms with Crippen LogP contribution in [0.4, 0.5) is 0 Å². The van der Waals surface area contributed by atoms with Crippen LogP contribution in [0.5, 0.6) is 0 Å². The van der Waals surface area contributed by atoms with Gasteiger partial charge in [-0.05, 0) is 30.2 Å². The number of amides is 1. The highest BCUT2D eigenvalue weighted by Crippen LogP contribution is 2.13. The molecule has 0 saturated heterocycles. The number of oxime groups is 1. The minimum Gasteiger partial charge on any atom is -0.440 e. The Morgan fingerprint density at radius 2 is 2.41 bits per heavy atom. The summed E-state index contributed by atoms with van der Waals surface area (Å²) >= 11 is 5.56. The smallest absolute Gasteiger partial charge is 0.287 e. The molecule has 1 atom stereocenters. The molecule has 17 heavy (non-hydrogen) atoms. The topological polar surface area (TPSA) is 101 Å². The molecular weight excluding hydrogens is 246 g/mol. The Bertz CT molecular complexity index is 417. The molecule has 6 nitrogen and oxygen atoms in total. The summed E-state index contributed by atoms with van der Waals surface area (Å²) in [6.45, 7) is 1.92. The molecule has 0 aromatic carbocycles. The van der Waals surface area contributed by atoms with Crippen LogP contribution in [0.3, 0.4) is 0 Å². The number of nitrogens with two attached hydrogens (primary N) is 1. The third kappa shape index (κ3) is 3.67. The number of carbonyl (C=O) groups is 1. The zero-order valence-corrected chi connectivity index (χ0v) is 10.1. The quantitative estimate of drug-likeness (QED) is 0.323. The third-order valence-electron chi connectivity index (χ3n) is 2.15. The standard InChI is InChI=1S/C10H14ClN3O3/c1-2-3-6(9(12)14-16)13-10(15)7-4-5-8(11)17-7/h4-6,16H,2-3H2,1H3,(H2,12,14)(H,13,15). The van der Waals surface area contributed by atoms with Crippen molar-refractivity contribution < 1.29 is 14.4 Å². The van der Waals surface area contributed by atoms with Gasteiger partial charge >= 0.3 is 0 Å². The molecule has 1 aromatic heterocycles. The summed E-state index contributed by atoms with van der Waals surface area (Å²) in [7, 11) is 0. The number of furan rings is 1. The first kappa shape index (κ1) is 13.4. The van der Waals surface area contributed by atoms with E-state index < -0.39 is 11.9 Å². The Balaban J connectivity index is 2.70. The number of halogens is 1. The fourth-order valence-electron chi connectivity index (χ4n) is 1.32. The van der Waals surface area contributed by atoms with E-state index in [1.807, 2.05) is 6.92 Å². The van der Waals surface area contributed by atoms with Crippen LogP contribution in [0, 0.1) is 0 Å². The Labute approximate surface area is 103 Å². The summed E-state index contributed by atoms with van der Waals surface area (Å²) in [6.07, 6.45) is 1.34. The number of hydrogen-bond acceptors (Lipinski definition) is 4. The zero-order valence-electron chi connectivity index (χ0n) is 9.31. The van der Waals surface area contributed by atoms with Gasteiger partial charge in [0.25, 0.3) is 5.91 Å². The molecular formula is C10H14ClN3O3. The molecule has 0 aliphatic rings. The molecule has 1 amide bonds. The van der Waals surface area contributed by atoms with Gasteiger partial charge in [-0.3, -0.25) is 4.79 Å². The van der Waals surface area contributed by atoms with Gasteiger partial charge in [0.2, 0.25) is 0 Å². The molecule has 0 radical (unpaired) electrons. The largest absolute Gasteiger partial charge is 0.440 e. The summed E-state index contributed by atoms with van der Waals surface area (Å²) in [5.74, 6) is -0.415. The first-order chi connectivity index (χ1) is 8.08. The molecule has 0 saturated carbocycles. The van der Waals surface area contributed by atoms with E-state index in [4.69, 9.17) is 27.0 Å². The van der Waals surface area contributed by atoms with Crippen molar-refractivity contribution in [2.45, 2.75) is 25.8 Å². The fraction of sp³-hybridized carbons (Fsp3) is 0.400. The maximum absolute atomic E-state index is 11.7. The van der Waals surface area contributed by atoms with E-state index in [1.54, 1.807) is 0 Å². The lowest BCUT2D eigenvalue weighted by atomic mass is 10.1. The van der Waals surface area contributed by atoms with Gasteiger partial charge in [-0.1, -0.05) is 18.5 Å². The molecule has 1 rings (SSSR count). The van der Waals surface area contributed by atoms with E-state index in [0.29, 0.717) is 6.42 Å². The predicted octanol–water partition coefficient (Wildman–Crippen LogP) is 1.58. The van der Waals surface area contributed by atoms with Gasteiger partial charge in [0.1, 0.15) is 0 Å². The van der Waals surface area contributed by atoms with Crippen LogP contribution in [0.25, 0.3) is 0 Å². The van der Waals surface area contributed by atoms with Gasteiger partial charge in [-0.15, -0.1) is 0 Å². The lowest BCUT2D eigenvalue weighted by Gasteiger charge is -2.15. The molecule has 94 valence electrons. The van der Waals surface area contributed by atoms with Gasteiger partial charge in [0.05, 0.1) is 6.04 Å². The second-order valence-electron chi connectivity index (χ2n) is 3.44. The average Bonchev–Trinajstić information content (AvgIpc) is 2.74. The number of hydrogen-bond donors (Lipinski definition) is 3. The van der Waals surface area contributed by atoms with Crippen LogP contribution in [0.1, 0.15) is 30.3 Å². The van der Waals surface area contributed by atoms with Crippen molar-refractivity contribution in [2.75, 3.05) is 0 Å². The summed E-state index contributed by atoms with van der Waals surface area (Å²) < 4.78 is 4.95. The first-order valence-electron chi connectivity index (χ1n) is 5.12. The van der Waals surface area contributed by atoms with Crippen molar-refractivity contribution in [3.63, 3.8) is 0 Å². The third-order valence-corrected chi connectivity index (χ3v) is 2.36. The summed E-state index contributed by atoms with van der Waals surface area (Å²) in [6, 6.07) is 2.39. The van der Waals surface area contributed by atoms with E-state index >= 15 is 0 Å². The minimum absolute atomic E-state index is 0.0437. The highest BCUT2D eigenvalue weighted by Gasteiger charge is 2.19. The van der Waals surface area contributed by atoms with Crippen molar-refractivity contribution >= 4 is 23.3 Å². The van der Waals surface area contributed by atoms with E-state index in [0.717, 1.165) is 6.42 Å². The normalized spacial score (nSPS) is 13.4.